The number of hydrogen-bond acceptors (Lipinski definition) is 4. The van der Waals surface area contributed by atoms with Crippen LogP contribution in [0.2, 0.25) is 0 Å². The normalized spacial score (nSPS) is 11.8. The van der Waals surface area contributed by atoms with E-state index in [1.54, 1.807) is 20.8 Å². The fourth-order valence-electron chi connectivity index (χ4n) is 0.789. The summed E-state index contributed by atoms with van der Waals surface area (Å²) in [6, 6.07) is 3.75. The predicted molar refractivity (Wildman–Crippen MR) is 46.4 cm³/mol. The standard InChI is InChI=1S/C9H14N2O2/c1-8(2,3)9(5-10,6-11)13-7-12-4/h7H2,1-4H3. The van der Waals surface area contributed by atoms with Crippen molar-refractivity contribution in [2.75, 3.05) is 13.9 Å². The number of rotatable bonds is 3. The van der Waals surface area contributed by atoms with E-state index in [4.69, 9.17) is 15.3 Å². The molecular weight excluding hydrogens is 168 g/mol. The molecule has 0 heterocycles. The summed E-state index contributed by atoms with van der Waals surface area (Å²) in [5.41, 5.74) is -2.00. The van der Waals surface area contributed by atoms with E-state index in [9.17, 15) is 0 Å². The summed E-state index contributed by atoms with van der Waals surface area (Å²) < 4.78 is 9.77. The van der Waals surface area contributed by atoms with Crippen molar-refractivity contribution in [3.05, 3.63) is 0 Å². The third kappa shape index (κ3) is 2.42. The number of nitrogens with zero attached hydrogens (tertiary/aromatic N) is 2. The molecule has 0 radical (unpaired) electrons. The third-order valence-electron chi connectivity index (χ3n) is 1.76. The summed E-state index contributed by atoms with van der Waals surface area (Å²) in [7, 11) is 1.45. The van der Waals surface area contributed by atoms with E-state index in [-0.39, 0.29) is 6.79 Å². The first kappa shape index (κ1) is 11.9. The van der Waals surface area contributed by atoms with Crippen LogP contribution in [0.4, 0.5) is 0 Å². The second-order valence-corrected chi connectivity index (χ2v) is 3.71. The van der Waals surface area contributed by atoms with Crippen LogP contribution in [0, 0.1) is 28.1 Å². The molecule has 0 saturated carbocycles. The molecule has 0 spiro atoms. The maximum Gasteiger partial charge on any atom is 0.247 e. The molecule has 0 saturated heterocycles. The van der Waals surface area contributed by atoms with Gasteiger partial charge in [-0.25, -0.2) is 0 Å². The van der Waals surface area contributed by atoms with Gasteiger partial charge in [-0.15, -0.1) is 0 Å². The Morgan fingerprint density at radius 1 is 1.15 bits per heavy atom. The molecule has 0 aromatic rings. The first-order valence-corrected chi connectivity index (χ1v) is 3.89. The third-order valence-corrected chi connectivity index (χ3v) is 1.76. The summed E-state index contributed by atoms with van der Waals surface area (Å²) in [6.45, 7) is 5.26. The van der Waals surface area contributed by atoms with Gasteiger partial charge in [0.1, 0.15) is 18.9 Å². The Kier molecular flexibility index (Phi) is 3.87. The maximum atomic E-state index is 8.89. The molecule has 0 amide bonds. The predicted octanol–water partition coefficient (Wildman–Crippen LogP) is 1.44. The SMILES string of the molecule is COCOC(C#N)(C#N)C(C)(C)C. The molecule has 0 aliphatic carbocycles. The Labute approximate surface area is 78.7 Å². The molecule has 72 valence electrons. The molecule has 0 aliphatic rings. The van der Waals surface area contributed by atoms with Crippen molar-refractivity contribution in [2.45, 2.75) is 26.4 Å². The fraction of sp³-hybridized carbons (Fsp3) is 0.778. The molecule has 0 unspecified atom stereocenters. The second-order valence-electron chi connectivity index (χ2n) is 3.71. The monoisotopic (exact) mass is 182 g/mol. The molecule has 0 fully saturated rings. The zero-order valence-electron chi connectivity index (χ0n) is 8.42. The van der Waals surface area contributed by atoms with Gasteiger partial charge in [-0.2, -0.15) is 10.5 Å². The average Bonchev–Trinajstić information content (AvgIpc) is 2.05. The largest absolute Gasteiger partial charge is 0.359 e. The van der Waals surface area contributed by atoms with Gasteiger partial charge in [0.2, 0.25) is 5.60 Å². The van der Waals surface area contributed by atoms with Gasteiger partial charge in [-0.1, -0.05) is 20.8 Å². The summed E-state index contributed by atoms with van der Waals surface area (Å²) in [4.78, 5) is 0. The van der Waals surface area contributed by atoms with E-state index in [1.807, 2.05) is 12.1 Å². The Morgan fingerprint density at radius 3 is 1.85 bits per heavy atom. The van der Waals surface area contributed by atoms with Crippen LogP contribution >= 0.6 is 0 Å². The first-order valence-electron chi connectivity index (χ1n) is 3.89. The van der Waals surface area contributed by atoms with Gasteiger partial charge in [-0.3, -0.25) is 0 Å². The highest BCUT2D eigenvalue weighted by atomic mass is 16.7. The van der Waals surface area contributed by atoms with Crippen LogP contribution in [-0.4, -0.2) is 19.5 Å². The minimum Gasteiger partial charge on any atom is -0.359 e. The van der Waals surface area contributed by atoms with Crippen molar-refractivity contribution in [3.63, 3.8) is 0 Å². The molecule has 0 rings (SSSR count). The van der Waals surface area contributed by atoms with Crippen molar-refractivity contribution in [3.8, 4) is 12.1 Å². The average molecular weight is 182 g/mol. The highest BCUT2D eigenvalue weighted by molar-refractivity contribution is 5.22. The second kappa shape index (κ2) is 4.23. The Balaban J connectivity index is 4.77. The summed E-state index contributed by atoms with van der Waals surface area (Å²) >= 11 is 0. The highest BCUT2D eigenvalue weighted by Gasteiger charge is 2.44. The van der Waals surface area contributed by atoms with Gasteiger partial charge in [0.25, 0.3) is 0 Å². The molecule has 0 aromatic carbocycles. The van der Waals surface area contributed by atoms with Gasteiger partial charge < -0.3 is 9.47 Å². The summed E-state index contributed by atoms with van der Waals surface area (Å²) in [5, 5.41) is 17.8. The molecule has 0 aromatic heterocycles. The van der Waals surface area contributed by atoms with E-state index < -0.39 is 11.0 Å². The molecule has 0 bridgehead atoms. The molecule has 4 nitrogen and oxygen atoms in total. The molecular formula is C9H14N2O2. The van der Waals surface area contributed by atoms with Crippen molar-refractivity contribution in [1.82, 2.24) is 0 Å². The fourth-order valence-corrected chi connectivity index (χ4v) is 0.789. The molecule has 13 heavy (non-hydrogen) atoms. The molecule has 0 aliphatic heterocycles. The van der Waals surface area contributed by atoms with Gasteiger partial charge in [0.05, 0.1) is 0 Å². The lowest BCUT2D eigenvalue weighted by atomic mass is 9.78. The lowest BCUT2D eigenvalue weighted by Gasteiger charge is -2.32. The van der Waals surface area contributed by atoms with E-state index in [0.717, 1.165) is 0 Å². The molecule has 0 atom stereocenters. The zero-order valence-corrected chi connectivity index (χ0v) is 8.42. The van der Waals surface area contributed by atoms with Crippen molar-refractivity contribution in [1.29, 1.82) is 10.5 Å². The molecule has 4 heteroatoms. The van der Waals surface area contributed by atoms with Gasteiger partial charge in [0, 0.05) is 12.5 Å². The zero-order chi connectivity index (χ0) is 10.5. The lowest BCUT2D eigenvalue weighted by Crippen LogP contribution is -2.43. The van der Waals surface area contributed by atoms with Crippen LogP contribution in [0.15, 0.2) is 0 Å². The Hall–Kier alpha value is -1.10. The van der Waals surface area contributed by atoms with E-state index in [0.29, 0.717) is 0 Å². The van der Waals surface area contributed by atoms with Crippen LogP contribution in [0.3, 0.4) is 0 Å². The van der Waals surface area contributed by atoms with Crippen LogP contribution < -0.4 is 0 Å². The van der Waals surface area contributed by atoms with E-state index in [2.05, 4.69) is 4.74 Å². The topological polar surface area (TPSA) is 66.0 Å². The number of methoxy groups -OCH3 is 1. The number of hydrogen-bond donors (Lipinski definition) is 0. The minimum atomic E-state index is -1.44. The van der Waals surface area contributed by atoms with E-state index >= 15 is 0 Å². The van der Waals surface area contributed by atoms with Crippen LogP contribution in [0.25, 0.3) is 0 Å². The smallest absolute Gasteiger partial charge is 0.247 e. The Bertz CT molecular complexity index is 228. The Morgan fingerprint density at radius 2 is 1.62 bits per heavy atom. The van der Waals surface area contributed by atoms with Crippen molar-refractivity contribution in [2.24, 2.45) is 5.41 Å². The first-order chi connectivity index (χ1) is 5.93. The number of nitriles is 2. The van der Waals surface area contributed by atoms with Crippen molar-refractivity contribution < 1.29 is 9.47 Å². The highest BCUT2D eigenvalue weighted by Crippen LogP contribution is 2.32. The van der Waals surface area contributed by atoms with Gasteiger partial charge in [-0.05, 0) is 0 Å². The van der Waals surface area contributed by atoms with Crippen LogP contribution in [-0.2, 0) is 9.47 Å². The summed E-state index contributed by atoms with van der Waals surface area (Å²) in [6.07, 6.45) is 0. The lowest BCUT2D eigenvalue weighted by molar-refractivity contribution is -0.119. The van der Waals surface area contributed by atoms with Crippen molar-refractivity contribution >= 4 is 0 Å². The minimum absolute atomic E-state index is 0.0572. The maximum absolute atomic E-state index is 8.89. The van der Waals surface area contributed by atoms with E-state index in [1.165, 1.54) is 7.11 Å². The van der Waals surface area contributed by atoms with Gasteiger partial charge >= 0.3 is 0 Å². The number of ether oxygens (including phenoxy) is 2. The molecule has 0 N–H and O–H groups in total. The quantitative estimate of drug-likeness (QED) is 0.619. The van der Waals surface area contributed by atoms with Crippen LogP contribution in [0.1, 0.15) is 20.8 Å². The van der Waals surface area contributed by atoms with Gasteiger partial charge in [0.15, 0.2) is 0 Å². The summed E-state index contributed by atoms with van der Waals surface area (Å²) in [5.74, 6) is 0. The van der Waals surface area contributed by atoms with Crippen LogP contribution in [0.5, 0.6) is 0 Å².